The van der Waals surface area contributed by atoms with E-state index in [1.807, 2.05) is 13.8 Å². The van der Waals surface area contributed by atoms with E-state index in [1.165, 1.54) is 11.8 Å². The second-order valence-corrected chi connectivity index (χ2v) is 3.57. The van der Waals surface area contributed by atoms with E-state index in [0.717, 1.165) is 0 Å². The lowest BCUT2D eigenvalue weighted by Gasteiger charge is -1.97. The molecule has 0 aromatic heterocycles. The highest BCUT2D eigenvalue weighted by Crippen LogP contribution is 2.10. The van der Waals surface area contributed by atoms with E-state index in [2.05, 4.69) is 0 Å². The summed E-state index contributed by atoms with van der Waals surface area (Å²) >= 11 is 6.51. The number of alkyl halides is 1. The first kappa shape index (κ1) is 8.31. The first-order chi connectivity index (χ1) is 3.66. The molecule has 1 nitrogen and oxygen atoms in total. The van der Waals surface area contributed by atoms with Crippen molar-refractivity contribution >= 4 is 28.5 Å². The van der Waals surface area contributed by atoms with Crippen LogP contribution in [0.4, 0.5) is 0 Å². The van der Waals surface area contributed by atoms with Gasteiger partial charge in [-0.1, -0.05) is 25.6 Å². The SMILES string of the molecule is CC(C)SC(=O)CCl. The van der Waals surface area contributed by atoms with Gasteiger partial charge in [-0.05, 0) is 0 Å². The van der Waals surface area contributed by atoms with Crippen LogP contribution in [0.15, 0.2) is 0 Å². The molecule has 48 valence electrons. The fraction of sp³-hybridized carbons (Fsp3) is 0.800. The van der Waals surface area contributed by atoms with Crippen LogP contribution in [0.3, 0.4) is 0 Å². The Morgan fingerprint density at radius 3 is 2.38 bits per heavy atom. The second kappa shape index (κ2) is 4.21. The summed E-state index contributed by atoms with van der Waals surface area (Å²) in [6.07, 6.45) is 0. The predicted octanol–water partition coefficient (Wildman–Crippen LogP) is 1.89. The molecule has 8 heavy (non-hydrogen) atoms. The summed E-state index contributed by atoms with van der Waals surface area (Å²) in [5, 5.41) is 0.419. The highest BCUT2D eigenvalue weighted by molar-refractivity contribution is 8.14. The molecule has 0 atom stereocenters. The van der Waals surface area contributed by atoms with Crippen LogP contribution < -0.4 is 0 Å². The molecule has 3 heteroatoms. The molecule has 0 aromatic carbocycles. The Bertz CT molecular complexity index is 82.5. The molecule has 0 N–H and O–H groups in total. The molecular weight excluding hydrogens is 144 g/mol. The predicted molar refractivity (Wildman–Crippen MR) is 38.5 cm³/mol. The van der Waals surface area contributed by atoms with Gasteiger partial charge >= 0.3 is 0 Å². The van der Waals surface area contributed by atoms with Crippen molar-refractivity contribution in [2.45, 2.75) is 19.1 Å². The van der Waals surface area contributed by atoms with Gasteiger partial charge in [-0.2, -0.15) is 0 Å². The van der Waals surface area contributed by atoms with Gasteiger partial charge in [0.2, 0.25) is 5.12 Å². The van der Waals surface area contributed by atoms with E-state index in [9.17, 15) is 4.79 Å². The van der Waals surface area contributed by atoms with Crippen molar-refractivity contribution in [1.29, 1.82) is 0 Å². The minimum atomic E-state index is 0.0571. The molecule has 0 aliphatic rings. The number of carbonyl (C=O) groups is 1. The van der Waals surface area contributed by atoms with Crippen molar-refractivity contribution in [1.82, 2.24) is 0 Å². The number of halogens is 1. The summed E-state index contributed by atoms with van der Waals surface area (Å²) < 4.78 is 0. The topological polar surface area (TPSA) is 17.1 Å². The average molecular weight is 153 g/mol. The maximum atomic E-state index is 10.5. The monoisotopic (exact) mass is 152 g/mol. The Kier molecular flexibility index (Phi) is 4.38. The molecule has 0 rings (SSSR count). The molecule has 0 unspecified atom stereocenters. The van der Waals surface area contributed by atoms with Crippen molar-refractivity contribution in [2.24, 2.45) is 0 Å². The Morgan fingerprint density at radius 2 is 2.25 bits per heavy atom. The quantitative estimate of drug-likeness (QED) is 0.563. The number of carbonyl (C=O) groups excluding carboxylic acids is 1. The molecule has 0 spiro atoms. The van der Waals surface area contributed by atoms with Gasteiger partial charge in [-0.15, -0.1) is 11.6 Å². The Labute approximate surface area is 58.8 Å². The Morgan fingerprint density at radius 1 is 1.75 bits per heavy atom. The van der Waals surface area contributed by atoms with Gasteiger partial charge in [0, 0.05) is 5.25 Å². The third kappa shape index (κ3) is 4.47. The summed E-state index contributed by atoms with van der Waals surface area (Å²) in [6.45, 7) is 3.93. The highest BCUT2D eigenvalue weighted by atomic mass is 35.5. The minimum absolute atomic E-state index is 0.0571. The van der Waals surface area contributed by atoms with Crippen molar-refractivity contribution in [3.63, 3.8) is 0 Å². The molecule has 0 saturated heterocycles. The van der Waals surface area contributed by atoms with Crippen LogP contribution in [-0.4, -0.2) is 16.2 Å². The molecule has 0 amide bonds. The van der Waals surface area contributed by atoms with E-state index >= 15 is 0 Å². The van der Waals surface area contributed by atoms with Gasteiger partial charge in [0.25, 0.3) is 0 Å². The van der Waals surface area contributed by atoms with Crippen LogP contribution in [0.2, 0.25) is 0 Å². The third-order valence-corrected chi connectivity index (χ3v) is 1.76. The molecule has 0 heterocycles. The van der Waals surface area contributed by atoms with Crippen LogP contribution in [0.1, 0.15) is 13.8 Å². The van der Waals surface area contributed by atoms with E-state index < -0.39 is 0 Å². The number of thioether (sulfide) groups is 1. The van der Waals surface area contributed by atoms with Crippen molar-refractivity contribution in [3.8, 4) is 0 Å². The lowest BCUT2D eigenvalue weighted by Crippen LogP contribution is -1.97. The Balaban J connectivity index is 3.25. The zero-order chi connectivity index (χ0) is 6.57. The largest absolute Gasteiger partial charge is 0.286 e. The molecule has 0 fully saturated rings. The van der Waals surface area contributed by atoms with Crippen LogP contribution in [-0.2, 0) is 4.79 Å². The van der Waals surface area contributed by atoms with Crippen LogP contribution in [0, 0.1) is 0 Å². The van der Waals surface area contributed by atoms with E-state index in [0.29, 0.717) is 5.25 Å². The number of hydrogen-bond acceptors (Lipinski definition) is 2. The zero-order valence-electron chi connectivity index (χ0n) is 4.98. The standard InChI is InChI=1S/C5H9ClOS/c1-4(2)8-5(7)3-6/h4H,3H2,1-2H3. The lowest BCUT2D eigenvalue weighted by molar-refractivity contribution is -0.108. The summed E-state index contributed by atoms with van der Waals surface area (Å²) in [5.41, 5.74) is 0. The van der Waals surface area contributed by atoms with Crippen molar-refractivity contribution < 1.29 is 4.79 Å². The summed E-state index contributed by atoms with van der Waals surface area (Å²) in [5.74, 6) is 0.128. The smallest absolute Gasteiger partial charge is 0.203 e. The first-order valence-electron chi connectivity index (χ1n) is 2.42. The van der Waals surface area contributed by atoms with Gasteiger partial charge < -0.3 is 0 Å². The maximum absolute atomic E-state index is 10.5. The summed E-state index contributed by atoms with van der Waals surface area (Å²) in [7, 11) is 0. The zero-order valence-corrected chi connectivity index (χ0v) is 6.55. The minimum Gasteiger partial charge on any atom is -0.286 e. The Hall–Kier alpha value is 0.310. The molecular formula is C5H9ClOS. The fourth-order valence-corrected chi connectivity index (χ4v) is 1.07. The first-order valence-corrected chi connectivity index (χ1v) is 3.83. The van der Waals surface area contributed by atoms with E-state index in [4.69, 9.17) is 11.6 Å². The second-order valence-electron chi connectivity index (χ2n) is 1.67. The van der Waals surface area contributed by atoms with Crippen molar-refractivity contribution in [2.75, 3.05) is 5.88 Å². The number of hydrogen-bond donors (Lipinski definition) is 0. The van der Waals surface area contributed by atoms with Crippen molar-refractivity contribution in [3.05, 3.63) is 0 Å². The van der Waals surface area contributed by atoms with Crippen LogP contribution in [0.5, 0.6) is 0 Å². The van der Waals surface area contributed by atoms with Crippen LogP contribution in [0.25, 0.3) is 0 Å². The fourth-order valence-electron chi connectivity index (χ4n) is 0.294. The van der Waals surface area contributed by atoms with Gasteiger partial charge in [-0.3, -0.25) is 4.79 Å². The van der Waals surface area contributed by atoms with Gasteiger partial charge in [-0.25, -0.2) is 0 Å². The van der Waals surface area contributed by atoms with Gasteiger partial charge in [0.15, 0.2) is 0 Å². The normalized spacial score (nSPS) is 10.0. The highest BCUT2D eigenvalue weighted by Gasteiger charge is 2.01. The van der Waals surface area contributed by atoms with E-state index in [-0.39, 0.29) is 11.0 Å². The summed E-state index contributed by atoms with van der Waals surface area (Å²) in [6, 6.07) is 0. The van der Waals surface area contributed by atoms with Crippen LogP contribution >= 0.6 is 23.4 Å². The maximum Gasteiger partial charge on any atom is 0.203 e. The molecule has 0 bridgehead atoms. The molecule has 0 aliphatic carbocycles. The molecule has 0 radical (unpaired) electrons. The third-order valence-electron chi connectivity index (χ3n) is 0.476. The molecule has 0 aromatic rings. The average Bonchev–Trinajstić information content (AvgIpc) is 1.65. The van der Waals surface area contributed by atoms with Gasteiger partial charge in [0.05, 0.1) is 5.88 Å². The summed E-state index contributed by atoms with van der Waals surface area (Å²) in [4.78, 5) is 10.5. The van der Waals surface area contributed by atoms with E-state index in [1.54, 1.807) is 0 Å². The van der Waals surface area contributed by atoms with Gasteiger partial charge in [0.1, 0.15) is 0 Å². The molecule has 0 aliphatic heterocycles. The lowest BCUT2D eigenvalue weighted by atomic mass is 10.6. The molecule has 0 saturated carbocycles. The number of rotatable bonds is 2.